The van der Waals surface area contributed by atoms with Crippen LogP contribution in [0.2, 0.25) is 0 Å². The molecule has 0 atom stereocenters. The second kappa shape index (κ2) is 10.6. The van der Waals surface area contributed by atoms with Gasteiger partial charge in [0.2, 0.25) is 11.8 Å². The van der Waals surface area contributed by atoms with E-state index in [9.17, 15) is 18.8 Å². The molecule has 1 fully saturated rings. The standard InChI is InChI=1S/C18H24FN3O4/c19-15-4-2-1-3-14(15)16(23)5-6-17(24)21-13-18(25)20-7-8-22-9-11-26-12-10-22/h1-4H,5-13H2,(H,20,25)(H,21,24). The fraction of sp³-hybridized carbons (Fsp3) is 0.500. The van der Waals surface area contributed by atoms with Gasteiger partial charge in [0.25, 0.3) is 0 Å². The highest BCUT2D eigenvalue weighted by atomic mass is 19.1. The van der Waals surface area contributed by atoms with E-state index in [1.165, 1.54) is 18.2 Å². The number of carbonyl (C=O) groups is 3. The molecule has 0 aliphatic carbocycles. The SMILES string of the molecule is O=C(CCC(=O)c1ccccc1F)NCC(=O)NCCN1CCOCC1. The minimum absolute atomic E-state index is 0.0267. The van der Waals surface area contributed by atoms with E-state index in [1.807, 2.05) is 0 Å². The third-order valence-electron chi connectivity index (χ3n) is 4.05. The fourth-order valence-electron chi connectivity index (χ4n) is 2.56. The predicted octanol–water partition coefficient (Wildman–Crippen LogP) is 0.353. The number of morpholine rings is 1. The van der Waals surface area contributed by atoms with Gasteiger partial charge in [-0.05, 0) is 12.1 Å². The van der Waals surface area contributed by atoms with E-state index in [-0.39, 0.29) is 30.9 Å². The van der Waals surface area contributed by atoms with Crippen LogP contribution in [0.3, 0.4) is 0 Å². The Balaban J connectivity index is 1.58. The molecule has 0 unspecified atom stereocenters. The molecule has 0 bridgehead atoms. The Kier molecular flexibility index (Phi) is 8.17. The minimum atomic E-state index is -0.599. The van der Waals surface area contributed by atoms with Gasteiger partial charge in [0.1, 0.15) is 5.82 Å². The lowest BCUT2D eigenvalue weighted by molar-refractivity contribution is -0.126. The molecule has 1 aromatic rings. The average molecular weight is 365 g/mol. The van der Waals surface area contributed by atoms with Gasteiger partial charge in [-0.3, -0.25) is 19.3 Å². The lowest BCUT2D eigenvalue weighted by atomic mass is 10.1. The maximum absolute atomic E-state index is 13.5. The Labute approximate surface area is 151 Å². The van der Waals surface area contributed by atoms with Gasteiger partial charge in [0.05, 0.1) is 25.3 Å². The Bertz CT molecular complexity index is 633. The number of ketones is 1. The number of Topliss-reactive ketones (excluding diaryl/α,β-unsaturated/α-hetero) is 1. The summed E-state index contributed by atoms with van der Waals surface area (Å²) in [6, 6.07) is 5.65. The molecule has 0 spiro atoms. The third-order valence-corrected chi connectivity index (χ3v) is 4.05. The highest BCUT2D eigenvalue weighted by Gasteiger charge is 2.14. The largest absolute Gasteiger partial charge is 0.379 e. The van der Waals surface area contributed by atoms with Gasteiger partial charge in [-0.1, -0.05) is 12.1 Å². The fourth-order valence-corrected chi connectivity index (χ4v) is 2.56. The average Bonchev–Trinajstić information content (AvgIpc) is 2.65. The zero-order chi connectivity index (χ0) is 18.8. The van der Waals surface area contributed by atoms with Crippen molar-refractivity contribution in [2.24, 2.45) is 0 Å². The number of benzene rings is 1. The van der Waals surface area contributed by atoms with Crippen LogP contribution in [0.5, 0.6) is 0 Å². The van der Waals surface area contributed by atoms with Crippen molar-refractivity contribution in [1.29, 1.82) is 0 Å². The number of hydrogen-bond acceptors (Lipinski definition) is 5. The highest BCUT2D eigenvalue weighted by Crippen LogP contribution is 2.10. The first-order valence-corrected chi connectivity index (χ1v) is 8.67. The summed E-state index contributed by atoms with van der Waals surface area (Å²) in [6.07, 6.45) is -0.195. The molecule has 1 saturated heterocycles. The number of ether oxygens (including phenoxy) is 1. The summed E-state index contributed by atoms with van der Waals surface area (Å²) in [5, 5.41) is 5.19. The molecule has 8 heteroatoms. The predicted molar refractivity (Wildman–Crippen MR) is 93.2 cm³/mol. The molecular formula is C18H24FN3O4. The summed E-state index contributed by atoms with van der Waals surface area (Å²) in [5.41, 5.74) is -0.0267. The summed E-state index contributed by atoms with van der Waals surface area (Å²) >= 11 is 0. The van der Waals surface area contributed by atoms with Gasteiger partial charge >= 0.3 is 0 Å². The highest BCUT2D eigenvalue weighted by molar-refractivity contribution is 5.98. The molecule has 7 nitrogen and oxygen atoms in total. The maximum Gasteiger partial charge on any atom is 0.239 e. The van der Waals surface area contributed by atoms with Crippen LogP contribution in [-0.4, -0.2) is 68.4 Å². The van der Waals surface area contributed by atoms with E-state index >= 15 is 0 Å². The number of nitrogens with one attached hydrogen (secondary N) is 2. The molecule has 1 aromatic carbocycles. The van der Waals surface area contributed by atoms with Gasteiger partial charge in [0, 0.05) is 39.0 Å². The van der Waals surface area contributed by atoms with E-state index in [1.54, 1.807) is 6.07 Å². The second-order valence-electron chi connectivity index (χ2n) is 5.98. The van der Waals surface area contributed by atoms with E-state index in [0.29, 0.717) is 19.8 Å². The van der Waals surface area contributed by atoms with Crippen LogP contribution < -0.4 is 10.6 Å². The van der Waals surface area contributed by atoms with Crippen LogP contribution in [0, 0.1) is 5.82 Å². The molecule has 0 saturated carbocycles. The van der Waals surface area contributed by atoms with Crippen molar-refractivity contribution < 1.29 is 23.5 Å². The van der Waals surface area contributed by atoms with Crippen molar-refractivity contribution >= 4 is 17.6 Å². The van der Waals surface area contributed by atoms with Crippen LogP contribution in [0.4, 0.5) is 4.39 Å². The number of halogens is 1. The summed E-state index contributed by atoms with van der Waals surface area (Å²) in [4.78, 5) is 37.5. The van der Waals surface area contributed by atoms with Crippen molar-refractivity contribution in [3.8, 4) is 0 Å². The topological polar surface area (TPSA) is 87.7 Å². The first-order chi connectivity index (χ1) is 12.6. The van der Waals surface area contributed by atoms with Gasteiger partial charge in [-0.2, -0.15) is 0 Å². The van der Waals surface area contributed by atoms with E-state index < -0.39 is 17.5 Å². The smallest absolute Gasteiger partial charge is 0.239 e. The lowest BCUT2D eigenvalue weighted by Gasteiger charge is -2.26. The molecule has 26 heavy (non-hydrogen) atoms. The first kappa shape index (κ1) is 20.0. The number of nitrogens with zero attached hydrogens (tertiary/aromatic N) is 1. The maximum atomic E-state index is 13.5. The monoisotopic (exact) mass is 365 g/mol. The number of amides is 2. The quantitative estimate of drug-likeness (QED) is 0.617. The van der Waals surface area contributed by atoms with Crippen molar-refractivity contribution in [3.05, 3.63) is 35.6 Å². The Hall–Kier alpha value is -2.32. The summed E-state index contributed by atoms with van der Waals surface area (Å²) in [7, 11) is 0. The summed E-state index contributed by atoms with van der Waals surface area (Å²) < 4.78 is 18.7. The van der Waals surface area contributed by atoms with Crippen molar-refractivity contribution in [2.75, 3.05) is 45.9 Å². The van der Waals surface area contributed by atoms with Gasteiger partial charge in [0.15, 0.2) is 5.78 Å². The molecule has 2 amide bonds. The van der Waals surface area contributed by atoms with E-state index in [2.05, 4.69) is 15.5 Å². The zero-order valence-electron chi connectivity index (χ0n) is 14.6. The number of carbonyl (C=O) groups excluding carboxylic acids is 3. The van der Waals surface area contributed by atoms with Gasteiger partial charge < -0.3 is 15.4 Å². The van der Waals surface area contributed by atoms with E-state index in [4.69, 9.17) is 4.74 Å². The molecule has 0 radical (unpaired) electrons. The van der Waals surface area contributed by atoms with Crippen LogP contribution in [0.15, 0.2) is 24.3 Å². The molecule has 2 N–H and O–H groups in total. The Morgan fingerprint density at radius 3 is 2.50 bits per heavy atom. The van der Waals surface area contributed by atoms with Crippen LogP contribution in [0.25, 0.3) is 0 Å². The van der Waals surface area contributed by atoms with Crippen LogP contribution in [0.1, 0.15) is 23.2 Å². The molecule has 1 heterocycles. The first-order valence-electron chi connectivity index (χ1n) is 8.67. The van der Waals surface area contributed by atoms with Crippen molar-refractivity contribution in [1.82, 2.24) is 15.5 Å². The zero-order valence-corrected chi connectivity index (χ0v) is 14.6. The van der Waals surface area contributed by atoms with Crippen LogP contribution >= 0.6 is 0 Å². The van der Waals surface area contributed by atoms with Crippen molar-refractivity contribution in [3.63, 3.8) is 0 Å². The normalized spacial score (nSPS) is 14.7. The molecule has 1 aliphatic rings. The van der Waals surface area contributed by atoms with Crippen molar-refractivity contribution in [2.45, 2.75) is 12.8 Å². The van der Waals surface area contributed by atoms with Gasteiger partial charge in [-0.25, -0.2) is 4.39 Å². The molecule has 142 valence electrons. The number of rotatable bonds is 9. The molecular weight excluding hydrogens is 341 g/mol. The second-order valence-corrected chi connectivity index (χ2v) is 5.98. The number of hydrogen-bond donors (Lipinski definition) is 2. The molecule has 0 aromatic heterocycles. The van der Waals surface area contributed by atoms with E-state index in [0.717, 1.165) is 19.6 Å². The Morgan fingerprint density at radius 1 is 1.04 bits per heavy atom. The minimum Gasteiger partial charge on any atom is -0.379 e. The van der Waals surface area contributed by atoms with Gasteiger partial charge in [-0.15, -0.1) is 0 Å². The summed E-state index contributed by atoms with van der Waals surface area (Å²) in [6.45, 7) is 4.20. The third kappa shape index (κ3) is 6.89. The summed E-state index contributed by atoms with van der Waals surface area (Å²) in [5.74, 6) is -1.74. The Morgan fingerprint density at radius 2 is 1.77 bits per heavy atom. The molecule has 1 aliphatic heterocycles. The lowest BCUT2D eigenvalue weighted by Crippen LogP contribution is -2.43. The van der Waals surface area contributed by atoms with Crippen LogP contribution in [-0.2, 0) is 14.3 Å². The molecule has 2 rings (SSSR count).